The van der Waals surface area contributed by atoms with E-state index in [9.17, 15) is 14.7 Å². The first-order chi connectivity index (χ1) is 16.9. The van der Waals surface area contributed by atoms with Crippen molar-refractivity contribution < 1.29 is 19.1 Å². The lowest BCUT2D eigenvalue weighted by atomic mass is 9.96. The smallest absolute Gasteiger partial charge is 0.302 e. The van der Waals surface area contributed by atoms with Crippen molar-refractivity contribution in [1.82, 2.24) is 9.97 Å². The SMILES string of the molecule is Cc1cc2nc(N3C(=O)C(=O)/C(=C(/O)c4cccc5ccccc45)C3c3ccco3)[nH]c2cc1C. The van der Waals surface area contributed by atoms with Crippen LogP contribution < -0.4 is 4.90 Å². The number of nitrogens with zero attached hydrogens (tertiary/aromatic N) is 2. The molecular formula is C28H21N3O4. The van der Waals surface area contributed by atoms with Crippen LogP contribution in [0.4, 0.5) is 5.95 Å². The number of aliphatic hydroxyl groups is 1. The number of aliphatic hydroxyl groups excluding tert-OH is 1. The average molecular weight is 463 g/mol. The number of ketones is 1. The largest absolute Gasteiger partial charge is 0.507 e. The maximum Gasteiger partial charge on any atom is 0.302 e. The second-order valence-electron chi connectivity index (χ2n) is 8.73. The highest BCUT2D eigenvalue weighted by atomic mass is 16.3. The highest BCUT2D eigenvalue weighted by Gasteiger charge is 2.49. The van der Waals surface area contributed by atoms with Gasteiger partial charge in [0.25, 0.3) is 5.78 Å². The molecule has 7 heteroatoms. The van der Waals surface area contributed by atoms with E-state index in [1.807, 2.05) is 56.3 Å². The number of aromatic nitrogens is 2. The van der Waals surface area contributed by atoms with Crippen molar-refractivity contribution in [2.75, 3.05) is 4.90 Å². The molecule has 1 aliphatic rings. The maximum atomic E-state index is 13.4. The van der Waals surface area contributed by atoms with Crippen LogP contribution in [0.25, 0.3) is 27.6 Å². The van der Waals surface area contributed by atoms with E-state index >= 15 is 0 Å². The van der Waals surface area contributed by atoms with Crippen molar-refractivity contribution in [2.45, 2.75) is 19.9 Å². The van der Waals surface area contributed by atoms with Gasteiger partial charge in [0.15, 0.2) is 0 Å². The number of carbonyl (C=O) groups excluding carboxylic acids is 2. The summed E-state index contributed by atoms with van der Waals surface area (Å²) in [6.45, 7) is 3.98. The molecule has 1 unspecified atom stereocenters. The van der Waals surface area contributed by atoms with Crippen molar-refractivity contribution in [3.05, 3.63) is 101 Å². The molecule has 2 N–H and O–H groups in total. The average Bonchev–Trinajstić information content (AvgIpc) is 3.58. The molecule has 0 saturated carbocycles. The molecule has 3 heterocycles. The number of aryl methyl sites for hydroxylation is 2. The van der Waals surface area contributed by atoms with E-state index < -0.39 is 17.7 Å². The van der Waals surface area contributed by atoms with Gasteiger partial charge in [-0.05, 0) is 60.0 Å². The molecule has 7 nitrogen and oxygen atoms in total. The van der Waals surface area contributed by atoms with Crippen LogP contribution in [-0.4, -0.2) is 26.8 Å². The molecule has 172 valence electrons. The molecule has 3 aromatic carbocycles. The number of carbonyl (C=O) groups is 2. The molecule has 1 fully saturated rings. The summed E-state index contributed by atoms with van der Waals surface area (Å²) in [5.74, 6) is -1.29. The molecular weight excluding hydrogens is 442 g/mol. The number of fused-ring (bicyclic) bond motifs is 2. The first-order valence-corrected chi connectivity index (χ1v) is 11.2. The molecule has 5 aromatic rings. The lowest BCUT2D eigenvalue weighted by Crippen LogP contribution is -2.30. The van der Waals surface area contributed by atoms with Crippen LogP contribution in [0.15, 0.2) is 83.0 Å². The number of imidazole rings is 1. The third kappa shape index (κ3) is 3.16. The summed E-state index contributed by atoms with van der Waals surface area (Å²) in [6, 6.07) is 19.3. The lowest BCUT2D eigenvalue weighted by molar-refractivity contribution is -0.132. The third-order valence-electron chi connectivity index (χ3n) is 6.61. The number of nitrogens with one attached hydrogen (secondary N) is 1. The summed E-state index contributed by atoms with van der Waals surface area (Å²) in [5, 5.41) is 13.1. The summed E-state index contributed by atoms with van der Waals surface area (Å²) in [6.07, 6.45) is 1.47. The number of hydrogen-bond donors (Lipinski definition) is 2. The van der Waals surface area contributed by atoms with Crippen molar-refractivity contribution >= 4 is 45.2 Å². The molecule has 1 amide bonds. The zero-order valence-electron chi connectivity index (χ0n) is 19.1. The molecule has 6 rings (SSSR count). The molecule has 0 radical (unpaired) electrons. The van der Waals surface area contributed by atoms with E-state index in [2.05, 4.69) is 9.97 Å². The molecule has 0 spiro atoms. The van der Waals surface area contributed by atoms with Crippen LogP contribution in [0.2, 0.25) is 0 Å². The Morgan fingerprint density at radius 2 is 1.77 bits per heavy atom. The van der Waals surface area contributed by atoms with Gasteiger partial charge in [0.2, 0.25) is 5.95 Å². The molecule has 2 aromatic heterocycles. The maximum absolute atomic E-state index is 13.4. The van der Waals surface area contributed by atoms with Gasteiger partial charge in [0, 0.05) is 5.56 Å². The van der Waals surface area contributed by atoms with Gasteiger partial charge in [-0.25, -0.2) is 4.98 Å². The highest BCUT2D eigenvalue weighted by molar-refractivity contribution is 6.51. The van der Waals surface area contributed by atoms with Gasteiger partial charge >= 0.3 is 5.91 Å². The predicted octanol–water partition coefficient (Wildman–Crippen LogP) is 5.55. The van der Waals surface area contributed by atoms with Gasteiger partial charge < -0.3 is 14.5 Å². The van der Waals surface area contributed by atoms with Crippen LogP contribution in [-0.2, 0) is 9.59 Å². The molecule has 0 aliphatic carbocycles. The van der Waals surface area contributed by atoms with Gasteiger partial charge in [-0.15, -0.1) is 0 Å². The Hall–Kier alpha value is -4.65. The summed E-state index contributed by atoms with van der Waals surface area (Å²) < 4.78 is 5.65. The van der Waals surface area contributed by atoms with Gasteiger partial charge in [0.05, 0.1) is 22.9 Å². The van der Waals surface area contributed by atoms with Crippen LogP contribution in [0.5, 0.6) is 0 Å². The van der Waals surface area contributed by atoms with Crippen LogP contribution >= 0.6 is 0 Å². The van der Waals surface area contributed by atoms with E-state index in [-0.39, 0.29) is 17.3 Å². The van der Waals surface area contributed by atoms with E-state index in [0.717, 1.165) is 27.4 Å². The summed E-state index contributed by atoms with van der Waals surface area (Å²) in [5.41, 5.74) is 3.99. The second kappa shape index (κ2) is 7.70. The Morgan fingerprint density at radius 1 is 1.00 bits per heavy atom. The first-order valence-electron chi connectivity index (χ1n) is 11.2. The first kappa shape index (κ1) is 20.9. The number of hydrogen-bond acceptors (Lipinski definition) is 5. The van der Waals surface area contributed by atoms with E-state index in [4.69, 9.17) is 4.42 Å². The second-order valence-corrected chi connectivity index (χ2v) is 8.73. The molecule has 0 bridgehead atoms. The zero-order valence-corrected chi connectivity index (χ0v) is 19.1. The molecule has 35 heavy (non-hydrogen) atoms. The Balaban J connectivity index is 1.58. The van der Waals surface area contributed by atoms with Crippen LogP contribution in [0.3, 0.4) is 0 Å². The van der Waals surface area contributed by atoms with Crippen molar-refractivity contribution in [1.29, 1.82) is 0 Å². The fraction of sp³-hybridized carbons (Fsp3) is 0.107. The van der Waals surface area contributed by atoms with Crippen molar-refractivity contribution in [3.8, 4) is 0 Å². The quantitative estimate of drug-likeness (QED) is 0.208. The van der Waals surface area contributed by atoms with Gasteiger partial charge in [-0.1, -0.05) is 42.5 Å². The fourth-order valence-electron chi connectivity index (χ4n) is 4.71. The number of Topliss-reactive ketones (excluding diaryl/α,β-unsaturated/α-hetero) is 1. The number of benzene rings is 3. The van der Waals surface area contributed by atoms with Gasteiger partial charge in [0.1, 0.15) is 17.6 Å². The minimum atomic E-state index is -0.980. The Kier molecular flexibility index (Phi) is 4.60. The number of H-pyrrole nitrogens is 1. The Morgan fingerprint density at radius 3 is 2.57 bits per heavy atom. The molecule has 1 aliphatic heterocycles. The third-order valence-corrected chi connectivity index (χ3v) is 6.61. The summed E-state index contributed by atoms with van der Waals surface area (Å²) in [4.78, 5) is 35.8. The summed E-state index contributed by atoms with van der Waals surface area (Å²) >= 11 is 0. The monoisotopic (exact) mass is 463 g/mol. The number of rotatable bonds is 3. The highest BCUT2D eigenvalue weighted by Crippen LogP contribution is 2.42. The Bertz CT molecular complexity index is 1630. The standard InChI is InChI=1S/C28H21N3O4/c1-15-13-20-21(14-16(15)2)30-28(29-20)31-24(22-11-6-12-35-22)23(26(33)27(31)34)25(32)19-10-5-8-17-7-3-4-9-18(17)19/h3-14,24,32H,1-2H3,(H,29,30)/b25-23+. The number of furan rings is 1. The molecule has 1 saturated heterocycles. The van der Waals surface area contributed by atoms with Crippen molar-refractivity contribution in [2.24, 2.45) is 0 Å². The number of amides is 1. The van der Waals surface area contributed by atoms with E-state index in [0.29, 0.717) is 16.8 Å². The topological polar surface area (TPSA) is 99.4 Å². The molecule has 1 atom stereocenters. The minimum absolute atomic E-state index is 0.0471. The van der Waals surface area contributed by atoms with Gasteiger partial charge in [-0.3, -0.25) is 14.5 Å². The minimum Gasteiger partial charge on any atom is -0.507 e. The van der Waals surface area contributed by atoms with E-state index in [1.165, 1.54) is 11.2 Å². The predicted molar refractivity (Wildman–Crippen MR) is 133 cm³/mol. The van der Waals surface area contributed by atoms with Crippen LogP contribution in [0, 0.1) is 13.8 Å². The fourth-order valence-corrected chi connectivity index (χ4v) is 4.71. The van der Waals surface area contributed by atoms with E-state index in [1.54, 1.807) is 24.3 Å². The number of anilines is 1. The van der Waals surface area contributed by atoms with Crippen molar-refractivity contribution in [3.63, 3.8) is 0 Å². The van der Waals surface area contributed by atoms with Crippen LogP contribution in [0.1, 0.15) is 28.5 Å². The summed E-state index contributed by atoms with van der Waals surface area (Å²) in [7, 11) is 0. The zero-order chi connectivity index (χ0) is 24.3. The lowest BCUT2D eigenvalue weighted by Gasteiger charge is -2.20. The van der Waals surface area contributed by atoms with Gasteiger partial charge in [-0.2, -0.15) is 0 Å². The Labute approximate surface area is 200 Å². The normalized spacial score (nSPS) is 17.7. The number of aromatic amines is 1.